The van der Waals surface area contributed by atoms with E-state index >= 15 is 0 Å². The summed E-state index contributed by atoms with van der Waals surface area (Å²) in [5.74, 6) is -1.55. The second-order valence-electron chi connectivity index (χ2n) is 5.06. The first-order chi connectivity index (χ1) is 11.0. The summed E-state index contributed by atoms with van der Waals surface area (Å²) in [5, 5.41) is 5.64. The third kappa shape index (κ3) is 4.67. The van der Waals surface area contributed by atoms with Crippen LogP contribution in [0.3, 0.4) is 0 Å². The number of amides is 1. The van der Waals surface area contributed by atoms with Gasteiger partial charge in [0, 0.05) is 24.7 Å². The normalized spacial score (nSPS) is 10.3. The molecule has 0 saturated heterocycles. The molecule has 2 rings (SSSR count). The van der Waals surface area contributed by atoms with Gasteiger partial charge in [-0.1, -0.05) is 6.07 Å². The van der Waals surface area contributed by atoms with E-state index in [1.54, 1.807) is 7.11 Å². The Hall–Kier alpha value is -2.63. The minimum atomic E-state index is -0.995. The van der Waals surface area contributed by atoms with E-state index in [0.29, 0.717) is 12.3 Å². The van der Waals surface area contributed by atoms with Gasteiger partial charge in [0.2, 0.25) is 5.91 Å². The second kappa shape index (κ2) is 7.58. The Morgan fingerprint density at radius 2 is 1.91 bits per heavy atom. The molecule has 122 valence electrons. The average Bonchev–Trinajstić information content (AvgIpc) is 2.51. The van der Waals surface area contributed by atoms with Gasteiger partial charge in [-0.25, -0.2) is 8.78 Å². The number of hydrogen-bond donors (Lipinski definition) is 2. The van der Waals surface area contributed by atoms with Crippen molar-refractivity contribution in [2.75, 3.05) is 24.3 Å². The lowest BCUT2D eigenvalue weighted by atomic mass is 10.2. The van der Waals surface area contributed by atoms with Crippen LogP contribution in [0.15, 0.2) is 36.4 Å². The van der Waals surface area contributed by atoms with Crippen LogP contribution in [0.1, 0.15) is 12.0 Å². The maximum Gasteiger partial charge on any atom is 0.226 e. The van der Waals surface area contributed by atoms with Crippen LogP contribution in [-0.2, 0) is 4.79 Å². The molecule has 0 aliphatic carbocycles. The molecule has 0 bridgehead atoms. The molecule has 0 aliphatic heterocycles. The minimum absolute atomic E-state index is 0.177. The SMILES string of the molecule is COc1ccc(C)cc1NCCC(=O)Nc1ccc(F)c(F)c1. The van der Waals surface area contributed by atoms with Gasteiger partial charge >= 0.3 is 0 Å². The number of halogens is 2. The van der Waals surface area contributed by atoms with Gasteiger partial charge in [0.15, 0.2) is 11.6 Å². The molecule has 0 aliphatic rings. The Morgan fingerprint density at radius 3 is 2.61 bits per heavy atom. The fourth-order valence-corrected chi connectivity index (χ4v) is 2.07. The van der Waals surface area contributed by atoms with Crippen LogP contribution in [0, 0.1) is 18.6 Å². The molecule has 0 unspecified atom stereocenters. The number of ether oxygens (including phenoxy) is 1. The Labute approximate surface area is 133 Å². The largest absolute Gasteiger partial charge is 0.495 e. The van der Waals surface area contributed by atoms with Gasteiger partial charge in [0.25, 0.3) is 0 Å². The van der Waals surface area contributed by atoms with Crippen molar-refractivity contribution in [1.29, 1.82) is 0 Å². The molecule has 2 N–H and O–H groups in total. The molecule has 0 heterocycles. The Kier molecular flexibility index (Phi) is 5.51. The van der Waals surface area contributed by atoms with Crippen LogP contribution >= 0.6 is 0 Å². The third-order valence-corrected chi connectivity index (χ3v) is 3.23. The quantitative estimate of drug-likeness (QED) is 0.853. The van der Waals surface area contributed by atoms with Crippen molar-refractivity contribution in [3.63, 3.8) is 0 Å². The van der Waals surface area contributed by atoms with Crippen LogP contribution in [0.25, 0.3) is 0 Å². The van der Waals surface area contributed by atoms with Crippen molar-refractivity contribution in [3.8, 4) is 5.75 Å². The standard InChI is InChI=1S/C17H18F2N2O2/c1-11-3-6-16(23-2)15(9-11)20-8-7-17(22)21-12-4-5-13(18)14(19)10-12/h3-6,9-10,20H,7-8H2,1-2H3,(H,21,22). The zero-order valence-electron chi connectivity index (χ0n) is 13.0. The molecule has 0 saturated carbocycles. The van der Waals surface area contributed by atoms with Gasteiger partial charge in [-0.3, -0.25) is 4.79 Å². The van der Waals surface area contributed by atoms with E-state index in [-0.39, 0.29) is 18.0 Å². The molecule has 0 atom stereocenters. The summed E-state index contributed by atoms with van der Waals surface area (Å²) < 4.78 is 31.1. The second-order valence-corrected chi connectivity index (χ2v) is 5.06. The van der Waals surface area contributed by atoms with Crippen molar-refractivity contribution in [1.82, 2.24) is 0 Å². The number of benzene rings is 2. The number of aryl methyl sites for hydroxylation is 1. The van der Waals surface area contributed by atoms with Crippen LogP contribution in [0.5, 0.6) is 5.75 Å². The highest BCUT2D eigenvalue weighted by Gasteiger charge is 2.07. The summed E-state index contributed by atoms with van der Waals surface area (Å²) in [6, 6.07) is 8.93. The average molecular weight is 320 g/mol. The monoisotopic (exact) mass is 320 g/mol. The van der Waals surface area contributed by atoms with E-state index in [0.717, 1.165) is 23.4 Å². The Morgan fingerprint density at radius 1 is 1.13 bits per heavy atom. The lowest BCUT2D eigenvalue weighted by molar-refractivity contribution is -0.115. The van der Waals surface area contributed by atoms with Gasteiger partial charge in [-0.05, 0) is 36.8 Å². The zero-order chi connectivity index (χ0) is 16.8. The highest BCUT2D eigenvalue weighted by atomic mass is 19.2. The van der Waals surface area contributed by atoms with Crippen molar-refractivity contribution >= 4 is 17.3 Å². The first kappa shape index (κ1) is 16.7. The predicted octanol–water partition coefficient (Wildman–Crippen LogP) is 3.72. The summed E-state index contributed by atoms with van der Waals surface area (Å²) in [5.41, 5.74) is 2.09. The van der Waals surface area contributed by atoms with Crippen molar-refractivity contribution in [2.45, 2.75) is 13.3 Å². The van der Waals surface area contributed by atoms with E-state index in [1.807, 2.05) is 25.1 Å². The number of hydrogen-bond acceptors (Lipinski definition) is 3. The van der Waals surface area contributed by atoms with Crippen LogP contribution in [0.2, 0.25) is 0 Å². The van der Waals surface area contributed by atoms with Gasteiger partial charge < -0.3 is 15.4 Å². The predicted molar refractivity (Wildman–Crippen MR) is 85.8 cm³/mol. The zero-order valence-corrected chi connectivity index (χ0v) is 13.0. The highest BCUT2D eigenvalue weighted by molar-refractivity contribution is 5.91. The van der Waals surface area contributed by atoms with E-state index in [9.17, 15) is 13.6 Å². The molecule has 0 radical (unpaired) electrons. The minimum Gasteiger partial charge on any atom is -0.495 e. The summed E-state index contributed by atoms with van der Waals surface area (Å²) in [6.45, 7) is 2.34. The first-order valence-electron chi connectivity index (χ1n) is 7.13. The molecule has 2 aromatic carbocycles. The number of nitrogens with one attached hydrogen (secondary N) is 2. The van der Waals surface area contributed by atoms with E-state index in [1.165, 1.54) is 6.07 Å². The first-order valence-corrected chi connectivity index (χ1v) is 7.13. The van der Waals surface area contributed by atoms with Crippen molar-refractivity contribution < 1.29 is 18.3 Å². The molecule has 2 aromatic rings. The maximum absolute atomic E-state index is 13.1. The summed E-state index contributed by atoms with van der Waals surface area (Å²) in [6.07, 6.45) is 0.177. The molecule has 6 heteroatoms. The van der Waals surface area contributed by atoms with E-state index in [4.69, 9.17) is 4.74 Å². The van der Waals surface area contributed by atoms with Crippen molar-refractivity contribution in [2.24, 2.45) is 0 Å². The molecule has 0 fully saturated rings. The van der Waals surface area contributed by atoms with Gasteiger partial charge in [-0.2, -0.15) is 0 Å². The van der Waals surface area contributed by atoms with E-state index in [2.05, 4.69) is 10.6 Å². The molecular formula is C17H18F2N2O2. The molecule has 0 aromatic heterocycles. The van der Waals surface area contributed by atoms with Crippen LogP contribution < -0.4 is 15.4 Å². The highest BCUT2D eigenvalue weighted by Crippen LogP contribution is 2.25. The van der Waals surface area contributed by atoms with E-state index < -0.39 is 11.6 Å². The molecule has 23 heavy (non-hydrogen) atoms. The summed E-state index contributed by atoms with van der Waals surface area (Å²) in [4.78, 5) is 11.8. The number of carbonyl (C=O) groups excluding carboxylic acids is 1. The van der Waals surface area contributed by atoms with Gasteiger partial charge in [-0.15, -0.1) is 0 Å². The Balaban J connectivity index is 1.87. The smallest absolute Gasteiger partial charge is 0.226 e. The molecule has 4 nitrogen and oxygen atoms in total. The lowest BCUT2D eigenvalue weighted by Gasteiger charge is -2.12. The fraction of sp³-hybridized carbons (Fsp3) is 0.235. The topological polar surface area (TPSA) is 50.4 Å². The van der Waals surface area contributed by atoms with Crippen LogP contribution in [-0.4, -0.2) is 19.6 Å². The maximum atomic E-state index is 13.1. The molecule has 0 spiro atoms. The van der Waals surface area contributed by atoms with Gasteiger partial charge in [0.1, 0.15) is 5.75 Å². The molecule has 1 amide bonds. The Bertz CT molecular complexity index is 705. The summed E-state index contributed by atoms with van der Waals surface area (Å²) in [7, 11) is 1.58. The fourth-order valence-electron chi connectivity index (χ4n) is 2.07. The number of methoxy groups -OCH3 is 1. The lowest BCUT2D eigenvalue weighted by Crippen LogP contribution is -2.16. The number of rotatable bonds is 6. The number of carbonyl (C=O) groups is 1. The number of anilines is 2. The third-order valence-electron chi connectivity index (χ3n) is 3.23. The van der Waals surface area contributed by atoms with Gasteiger partial charge in [0.05, 0.1) is 12.8 Å². The molecular weight excluding hydrogens is 302 g/mol. The van der Waals surface area contributed by atoms with Crippen LogP contribution in [0.4, 0.5) is 20.2 Å². The van der Waals surface area contributed by atoms with Crippen molar-refractivity contribution in [3.05, 3.63) is 53.6 Å². The summed E-state index contributed by atoms with van der Waals surface area (Å²) >= 11 is 0.